The van der Waals surface area contributed by atoms with Crippen LogP contribution in [0.15, 0.2) is 48.5 Å². The molecule has 0 saturated carbocycles. The Kier molecular flexibility index (Phi) is 11.5. The summed E-state index contributed by atoms with van der Waals surface area (Å²) in [5, 5.41) is 29.6. The number of carboxylic acid groups (broad SMARTS) is 4. The fourth-order valence-corrected chi connectivity index (χ4v) is 3.52. The van der Waals surface area contributed by atoms with E-state index in [1.54, 1.807) is 0 Å². The van der Waals surface area contributed by atoms with Gasteiger partial charge in [0, 0.05) is 32.7 Å². The number of hydrogen-bond acceptors (Lipinski definition) is 9. The Morgan fingerprint density at radius 1 is 0.769 bits per heavy atom. The number of ether oxygens (including phenoxy) is 1. The molecule has 0 unspecified atom stereocenters. The van der Waals surface area contributed by atoms with Gasteiger partial charge in [0.1, 0.15) is 5.82 Å². The SMILES string of the molecule is COC(=O)c1ccc(CN2CCN(Cc3nc4ccccc4[nH]3)CC2)cc1.O=C(O)C(=O)O.O=C(O)C(=O)O. The number of nitrogens with one attached hydrogen (secondary N) is 1. The van der Waals surface area contributed by atoms with Crippen molar-refractivity contribution in [2.45, 2.75) is 13.1 Å². The molecular weight excluding hydrogens is 516 g/mol. The number of piperazine rings is 1. The van der Waals surface area contributed by atoms with Crippen molar-refractivity contribution < 1.29 is 49.1 Å². The van der Waals surface area contributed by atoms with Crippen LogP contribution in [0.4, 0.5) is 0 Å². The highest BCUT2D eigenvalue weighted by atomic mass is 16.5. The molecule has 1 aromatic heterocycles. The minimum absolute atomic E-state index is 0.291. The van der Waals surface area contributed by atoms with Gasteiger partial charge in [-0.25, -0.2) is 29.0 Å². The van der Waals surface area contributed by atoms with E-state index in [1.165, 1.54) is 12.7 Å². The molecule has 14 nitrogen and oxygen atoms in total. The Labute approximate surface area is 222 Å². The molecule has 1 aliphatic rings. The molecule has 4 rings (SSSR count). The van der Waals surface area contributed by atoms with E-state index in [0.717, 1.165) is 56.1 Å². The molecular formula is C25H28N4O10. The lowest BCUT2D eigenvalue weighted by Crippen LogP contribution is -2.45. The van der Waals surface area contributed by atoms with Gasteiger partial charge in [-0.05, 0) is 29.8 Å². The number of rotatable bonds is 5. The summed E-state index contributed by atoms with van der Waals surface area (Å²) in [5.41, 5.74) is 3.94. The van der Waals surface area contributed by atoms with Crippen LogP contribution in [-0.4, -0.2) is 103 Å². The lowest BCUT2D eigenvalue weighted by Gasteiger charge is -2.34. The molecule has 5 N–H and O–H groups in total. The van der Waals surface area contributed by atoms with Crippen LogP contribution < -0.4 is 0 Å². The van der Waals surface area contributed by atoms with E-state index in [2.05, 4.69) is 25.8 Å². The number of H-pyrrole nitrogens is 1. The molecule has 0 spiro atoms. The highest BCUT2D eigenvalue weighted by molar-refractivity contribution is 6.27. The molecule has 2 heterocycles. The third-order valence-corrected chi connectivity index (χ3v) is 5.42. The van der Waals surface area contributed by atoms with E-state index in [1.807, 2.05) is 42.5 Å². The predicted octanol–water partition coefficient (Wildman–Crippen LogP) is 0.979. The first kappa shape index (κ1) is 30.4. The van der Waals surface area contributed by atoms with Gasteiger partial charge in [0.25, 0.3) is 0 Å². The van der Waals surface area contributed by atoms with E-state index < -0.39 is 23.9 Å². The summed E-state index contributed by atoms with van der Waals surface area (Å²) in [4.78, 5) is 60.9. The first-order valence-electron chi connectivity index (χ1n) is 11.5. The number of para-hydroxylation sites is 2. The molecule has 0 atom stereocenters. The van der Waals surface area contributed by atoms with Crippen LogP contribution in [0.5, 0.6) is 0 Å². The number of carbonyl (C=O) groups excluding carboxylic acids is 1. The smallest absolute Gasteiger partial charge is 0.414 e. The van der Waals surface area contributed by atoms with Gasteiger partial charge in [-0.2, -0.15) is 0 Å². The zero-order chi connectivity index (χ0) is 28.9. The van der Waals surface area contributed by atoms with Crippen molar-refractivity contribution in [3.05, 3.63) is 65.5 Å². The van der Waals surface area contributed by atoms with Gasteiger partial charge in [-0.1, -0.05) is 24.3 Å². The summed E-state index contributed by atoms with van der Waals surface area (Å²) >= 11 is 0. The van der Waals surface area contributed by atoms with Crippen LogP contribution in [0.3, 0.4) is 0 Å². The molecule has 0 bridgehead atoms. The number of methoxy groups -OCH3 is 1. The Morgan fingerprint density at radius 3 is 1.72 bits per heavy atom. The van der Waals surface area contributed by atoms with E-state index >= 15 is 0 Å². The van der Waals surface area contributed by atoms with Crippen molar-refractivity contribution in [3.63, 3.8) is 0 Å². The molecule has 39 heavy (non-hydrogen) atoms. The fourth-order valence-electron chi connectivity index (χ4n) is 3.52. The maximum absolute atomic E-state index is 11.5. The molecule has 3 aromatic rings. The monoisotopic (exact) mass is 544 g/mol. The van der Waals surface area contributed by atoms with E-state index in [0.29, 0.717) is 5.56 Å². The van der Waals surface area contributed by atoms with Gasteiger partial charge < -0.3 is 30.1 Å². The molecule has 0 aliphatic carbocycles. The average Bonchev–Trinajstić information content (AvgIpc) is 3.33. The second-order valence-electron chi connectivity index (χ2n) is 8.16. The van der Waals surface area contributed by atoms with Gasteiger partial charge in [-0.15, -0.1) is 0 Å². The van der Waals surface area contributed by atoms with Gasteiger partial charge in [-0.3, -0.25) is 9.80 Å². The number of carboxylic acids is 4. The first-order valence-corrected chi connectivity index (χ1v) is 11.5. The largest absolute Gasteiger partial charge is 0.473 e. The molecule has 2 aromatic carbocycles. The van der Waals surface area contributed by atoms with Crippen molar-refractivity contribution in [2.24, 2.45) is 0 Å². The first-order chi connectivity index (χ1) is 18.5. The van der Waals surface area contributed by atoms with Crippen LogP contribution in [0.1, 0.15) is 21.7 Å². The number of hydrogen-bond donors (Lipinski definition) is 5. The van der Waals surface area contributed by atoms with Crippen LogP contribution in [0.25, 0.3) is 11.0 Å². The number of nitrogens with zero attached hydrogens (tertiary/aromatic N) is 3. The molecule has 0 amide bonds. The molecule has 0 radical (unpaired) electrons. The van der Waals surface area contributed by atoms with Gasteiger partial charge in [0.05, 0.1) is 30.3 Å². The van der Waals surface area contributed by atoms with E-state index in [9.17, 15) is 4.79 Å². The zero-order valence-corrected chi connectivity index (χ0v) is 20.9. The summed E-state index contributed by atoms with van der Waals surface area (Å²) in [5.74, 6) is -6.56. The second kappa shape index (κ2) is 14.8. The highest BCUT2D eigenvalue weighted by Crippen LogP contribution is 2.14. The lowest BCUT2D eigenvalue weighted by molar-refractivity contribution is -0.159. The lowest BCUT2D eigenvalue weighted by atomic mass is 10.1. The number of carbonyl (C=O) groups is 5. The summed E-state index contributed by atoms with van der Waals surface area (Å²) in [7, 11) is 1.40. The van der Waals surface area contributed by atoms with Crippen molar-refractivity contribution in [1.29, 1.82) is 0 Å². The Bertz CT molecular complexity index is 1220. The van der Waals surface area contributed by atoms with Crippen LogP contribution in [0.2, 0.25) is 0 Å². The molecule has 1 saturated heterocycles. The Morgan fingerprint density at radius 2 is 1.26 bits per heavy atom. The van der Waals surface area contributed by atoms with Gasteiger partial charge >= 0.3 is 29.8 Å². The number of imidazole rings is 1. The Balaban J connectivity index is 0.000000374. The summed E-state index contributed by atoms with van der Waals surface area (Å²) in [6.07, 6.45) is 0. The predicted molar refractivity (Wildman–Crippen MR) is 135 cm³/mol. The number of aromatic amines is 1. The van der Waals surface area contributed by atoms with Crippen LogP contribution in [-0.2, 0) is 37.0 Å². The number of aliphatic carboxylic acids is 4. The molecule has 208 valence electrons. The Hall–Kier alpha value is -4.82. The van der Waals surface area contributed by atoms with Gasteiger partial charge in [0.2, 0.25) is 0 Å². The summed E-state index contributed by atoms with van der Waals surface area (Å²) < 4.78 is 4.74. The van der Waals surface area contributed by atoms with Crippen molar-refractivity contribution in [1.82, 2.24) is 19.8 Å². The number of fused-ring (bicyclic) bond motifs is 1. The molecule has 14 heteroatoms. The zero-order valence-electron chi connectivity index (χ0n) is 20.9. The number of aromatic nitrogens is 2. The number of esters is 1. The molecule has 1 aliphatic heterocycles. The standard InChI is InChI=1S/C21H24N4O2.2C2H2O4/c1-27-21(26)17-8-6-16(7-9-17)14-24-10-12-25(13-11-24)15-20-22-18-4-2-3-5-19(18)23-20;2*3-1(4)2(5)6/h2-9H,10-15H2,1H3,(H,22,23);2*(H,3,4)(H,5,6). The van der Waals surface area contributed by atoms with Crippen molar-refractivity contribution >= 4 is 40.9 Å². The molecule has 1 fully saturated rings. The minimum Gasteiger partial charge on any atom is -0.473 e. The van der Waals surface area contributed by atoms with Crippen LogP contribution >= 0.6 is 0 Å². The van der Waals surface area contributed by atoms with Crippen molar-refractivity contribution in [2.75, 3.05) is 33.3 Å². The van der Waals surface area contributed by atoms with Gasteiger partial charge in [0.15, 0.2) is 0 Å². The topological polar surface area (TPSA) is 211 Å². The average molecular weight is 545 g/mol. The fraction of sp³-hybridized carbons (Fsp3) is 0.280. The van der Waals surface area contributed by atoms with Crippen LogP contribution in [0, 0.1) is 0 Å². The second-order valence-corrected chi connectivity index (χ2v) is 8.16. The quantitative estimate of drug-likeness (QED) is 0.224. The highest BCUT2D eigenvalue weighted by Gasteiger charge is 2.18. The maximum Gasteiger partial charge on any atom is 0.414 e. The maximum atomic E-state index is 11.5. The number of benzene rings is 2. The summed E-state index contributed by atoms with van der Waals surface area (Å²) in [6, 6.07) is 15.8. The van der Waals surface area contributed by atoms with E-state index in [-0.39, 0.29) is 5.97 Å². The third-order valence-electron chi connectivity index (χ3n) is 5.42. The van der Waals surface area contributed by atoms with E-state index in [4.69, 9.17) is 44.3 Å². The summed E-state index contributed by atoms with van der Waals surface area (Å²) in [6.45, 7) is 5.86. The normalized spacial score (nSPS) is 13.3. The minimum atomic E-state index is -1.82. The van der Waals surface area contributed by atoms with Crippen molar-refractivity contribution in [3.8, 4) is 0 Å². The third kappa shape index (κ3) is 10.2.